The van der Waals surface area contributed by atoms with Gasteiger partial charge in [0.25, 0.3) is 5.91 Å². The van der Waals surface area contributed by atoms with Crippen LogP contribution in [0.3, 0.4) is 0 Å². The lowest BCUT2D eigenvalue weighted by molar-refractivity contribution is -0.123. The minimum Gasteiger partial charge on any atom is -0.486 e. The molecule has 1 aromatic heterocycles. The number of rotatable bonds is 7. The van der Waals surface area contributed by atoms with Crippen molar-refractivity contribution in [2.24, 2.45) is 0 Å². The highest BCUT2D eigenvalue weighted by Gasteiger charge is 2.36. The molecule has 0 saturated heterocycles. The molecule has 2 aromatic carbocycles. The molecule has 1 aliphatic heterocycles. The van der Waals surface area contributed by atoms with E-state index in [0.29, 0.717) is 36.0 Å². The van der Waals surface area contributed by atoms with Gasteiger partial charge < -0.3 is 24.1 Å². The Bertz CT molecular complexity index is 1200. The van der Waals surface area contributed by atoms with Crippen LogP contribution in [0.2, 0.25) is 0 Å². The van der Waals surface area contributed by atoms with Crippen LogP contribution in [0.15, 0.2) is 65.3 Å². The zero-order valence-corrected chi connectivity index (χ0v) is 20.6. The molecule has 0 radical (unpaired) electrons. The number of carbonyl (C=O) groups excluding carboxylic acids is 2. The number of furan rings is 1. The number of hydrogen-bond acceptors (Lipinski definition) is 6. The van der Waals surface area contributed by atoms with Gasteiger partial charge in [0.2, 0.25) is 5.91 Å². The molecule has 1 saturated carbocycles. The Morgan fingerprint density at radius 2 is 1.61 bits per heavy atom. The summed E-state index contributed by atoms with van der Waals surface area (Å²) in [6, 6.07) is 15.4. The van der Waals surface area contributed by atoms with Gasteiger partial charge in [-0.1, -0.05) is 25.0 Å². The lowest BCUT2D eigenvalue weighted by Gasteiger charge is -2.32. The summed E-state index contributed by atoms with van der Waals surface area (Å²) in [6.45, 7) is 0.881. The predicted molar refractivity (Wildman–Crippen MR) is 137 cm³/mol. The van der Waals surface area contributed by atoms with Gasteiger partial charge in [0.1, 0.15) is 19.3 Å². The minimum absolute atomic E-state index is 0.0990. The number of amides is 2. The molecule has 5 rings (SSSR count). The molecule has 8 heteroatoms. The minimum atomic E-state index is -0.915. The second-order valence-electron chi connectivity index (χ2n) is 9.36. The molecule has 2 amide bonds. The van der Waals surface area contributed by atoms with Crippen molar-refractivity contribution >= 4 is 23.2 Å². The van der Waals surface area contributed by atoms with Gasteiger partial charge in [0.05, 0.1) is 6.26 Å². The van der Waals surface area contributed by atoms with Crippen LogP contribution in [0, 0.1) is 0 Å². The molecule has 8 nitrogen and oxygen atoms in total. The van der Waals surface area contributed by atoms with Crippen LogP contribution in [0.5, 0.6) is 11.5 Å². The summed E-state index contributed by atoms with van der Waals surface area (Å²) in [7, 11) is 3.92. The lowest BCUT2D eigenvalue weighted by Crippen LogP contribution is -2.46. The average molecular weight is 490 g/mol. The second kappa shape index (κ2) is 10.4. The van der Waals surface area contributed by atoms with Crippen LogP contribution in [-0.4, -0.2) is 45.2 Å². The molecule has 36 heavy (non-hydrogen) atoms. The molecule has 1 fully saturated rings. The highest BCUT2D eigenvalue weighted by molar-refractivity contribution is 6.09. The molecule has 1 unspecified atom stereocenters. The highest BCUT2D eigenvalue weighted by Crippen LogP contribution is 2.38. The van der Waals surface area contributed by atoms with Crippen LogP contribution in [0.1, 0.15) is 47.8 Å². The van der Waals surface area contributed by atoms with Gasteiger partial charge in [-0.15, -0.1) is 0 Å². The molecule has 2 heterocycles. The quantitative estimate of drug-likeness (QED) is 0.524. The first-order valence-corrected chi connectivity index (χ1v) is 12.4. The van der Waals surface area contributed by atoms with E-state index >= 15 is 0 Å². The van der Waals surface area contributed by atoms with E-state index in [4.69, 9.17) is 13.9 Å². The van der Waals surface area contributed by atoms with E-state index in [1.54, 1.807) is 30.3 Å². The maximum Gasteiger partial charge on any atom is 0.294 e. The van der Waals surface area contributed by atoms with Gasteiger partial charge in [-0.05, 0) is 54.8 Å². The number of nitrogens with one attached hydrogen (secondary N) is 1. The second-order valence-corrected chi connectivity index (χ2v) is 9.36. The molecule has 0 bridgehead atoms. The Labute approximate surface area is 210 Å². The summed E-state index contributed by atoms with van der Waals surface area (Å²) in [4.78, 5) is 31.3. The smallest absolute Gasteiger partial charge is 0.294 e. The lowest BCUT2D eigenvalue weighted by atomic mass is 10.0. The summed E-state index contributed by atoms with van der Waals surface area (Å²) in [5.74, 6) is 0.647. The number of ether oxygens (including phenoxy) is 2. The maximum absolute atomic E-state index is 13.9. The highest BCUT2D eigenvalue weighted by atomic mass is 16.6. The number of fused-ring (bicyclic) bond motifs is 1. The first kappa shape index (κ1) is 23.8. The van der Waals surface area contributed by atoms with Crippen molar-refractivity contribution in [2.75, 3.05) is 37.1 Å². The van der Waals surface area contributed by atoms with Gasteiger partial charge >= 0.3 is 0 Å². The zero-order chi connectivity index (χ0) is 25.1. The summed E-state index contributed by atoms with van der Waals surface area (Å²) in [6.07, 6.45) is 5.51. The Hall–Kier alpha value is -3.94. The molecular formula is C28H31N3O5. The number of hydrogen-bond donors (Lipinski definition) is 1. The van der Waals surface area contributed by atoms with Crippen molar-refractivity contribution < 1.29 is 23.5 Å². The Morgan fingerprint density at radius 1 is 0.917 bits per heavy atom. The Kier molecular flexibility index (Phi) is 6.84. The largest absolute Gasteiger partial charge is 0.486 e. The van der Waals surface area contributed by atoms with Crippen LogP contribution in [0.4, 0.5) is 11.4 Å². The molecule has 1 N–H and O–H groups in total. The van der Waals surface area contributed by atoms with Crippen LogP contribution in [-0.2, 0) is 4.79 Å². The third-order valence-corrected chi connectivity index (χ3v) is 6.69. The molecule has 188 valence electrons. The van der Waals surface area contributed by atoms with E-state index < -0.39 is 11.9 Å². The molecule has 1 atom stereocenters. The summed E-state index contributed by atoms with van der Waals surface area (Å²) in [5.41, 5.74) is 2.21. The molecule has 2 aliphatic rings. The monoisotopic (exact) mass is 489 g/mol. The van der Waals surface area contributed by atoms with Crippen molar-refractivity contribution in [3.05, 3.63) is 72.2 Å². The van der Waals surface area contributed by atoms with Gasteiger partial charge in [-0.3, -0.25) is 14.5 Å². The molecule has 0 spiro atoms. The fourth-order valence-corrected chi connectivity index (χ4v) is 4.81. The summed E-state index contributed by atoms with van der Waals surface area (Å²) < 4.78 is 16.9. The zero-order valence-electron chi connectivity index (χ0n) is 20.6. The third kappa shape index (κ3) is 4.89. The number of anilines is 2. The fourth-order valence-electron chi connectivity index (χ4n) is 4.81. The van der Waals surface area contributed by atoms with E-state index in [1.165, 1.54) is 11.2 Å². The summed E-state index contributed by atoms with van der Waals surface area (Å²) in [5, 5.41) is 3.20. The molecule has 3 aromatic rings. The van der Waals surface area contributed by atoms with Gasteiger partial charge in [-0.25, -0.2) is 0 Å². The first-order chi connectivity index (χ1) is 17.5. The van der Waals surface area contributed by atoms with Crippen LogP contribution < -0.4 is 24.6 Å². The SMILES string of the molecule is CN(C)c1ccc(C(C(=O)NC2CCCC2)N(C(=O)c2ccco2)c2ccc3c(c2)OCCO3)cc1. The van der Waals surface area contributed by atoms with E-state index in [-0.39, 0.29) is 17.7 Å². The summed E-state index contributed by atoms with van der Waals surface area (Å²) >= 11 is 0. The maximum atomic E-state index is 13.9. The first-order valence-electron chi connectivity index (χ1n) is 12.4. The van der Waals surface area contributed by atoms with Crippen molar-refractivity contribution in [1.29, 1.82) is 0 Å². The Morgan fingerprint density at radius 3 is 2.28 bits per heavy atom. The topological polar surface area (TPSA) is 84.3 Å². The third-order valence-electron chi connectivity index (χ3n) is 6.69. The molecular weight excluding hydrogens is 458 g/mol. The molecule has 1 aliphatic carbocycles. The van der Waals surface area contributed by atoms with E-state index in [0.717, 1.165) is 31.4 Å². The van der Waals surface area contributed by atoms with Crippen LogP contribution in [0.25, 0.3) is 0 Å². The van der Waals surface area contributed by atoms with Crippen molar-refractivity contribution in [3.63, 3.8) is 0 Å². The van der Waals surface area contributed by atoms with Crippen molar-refractivity contribution in [2.45, 2.75) is 37.8 Å². The van der Waals surface area contributed by atoms with E-state index in [1.807, 2.05) is 43.3 Å². The Balaban J connectivity index is 1.60. The standard InChI is InChI=1S/C28H31N3O5/c1-30(2)21-11-9-19(10-12-21)26(27(32)29-20-6-3-4-7-20)31(28(33)24-8-5-15-34-24)22-13-14-23-25(18-22)36-17-16-35-23/h5,8-15,18,20,26H,3-4,6-7,16-17H2,1-2H3,(H,29,32). The average Bonchev–Trinajstić information content (AvgIpc) is 3.61. The van der Waals surface area contributed by atoms with E-state index in [2.05, 4.69) is 5.32 Å². The van der Waals surface area contributed by atoms with Crippen molar-refractivity contribution in [3.8, 4) is 11.5 Å². The van der Waals surface area contributed by atoms with E-state index in [9.17, 15) is 9.59 Å². The van der Waals surface area contributed by atoms with Crippen molar-refractivity contribution in [1.82, 2.24) is 5.32 Å². The number of benzene rings is 2. The van der Waals surface area contributed by atoms with Gasteiger partial charge in [0.15, 0.2) is 17.3 Å². The fraction of sp³-hybridized carbons (Fsp3) is 0.357. The number of carbonyl (C=O) groups is 2. The number of nitrogens with zero attached hydrogens (tertiary/aromatic N) is 2. The van der Waals surface area contributed by atoms with Gasteiger partial charge in [0, 0.05) is 37.6 Å². The van der Waals surface area contributed by atoms with Gasteiger partial charge in [-0.2, -0.15) is 0 Å². The van der Waals surface area contributed by atoms with Crippen LogP contribution >= 0.6 is 0 Å². The normalized spacial score (nSPS) is 15.8. The predicted octanol–water partition coefficient (Wildman–Crippen LogP) is 4.56.